The van der Waals surface area contributed by atoms with Crippen LogP contribution in [-0.4, -0.2) is 9.13 Å². The summed E-state index contributed by atoms with van der Waals surface area (Å²) < 4.78 is 2.58. The highest BCUT2D eigenvalue weighted by molar-refractivity contribution is 5.16. The first-order valence-electron chi connectivity index (χ1n) is 5.91. The molecule has 96 valence electrons. The number of nitrogens with zero attached hydrogens (tertiary/aromatic N) is 2. The standard InChI is InChI=1S/C15H14N2O2/c1-3-9-16-10-12(2)14(18)17(15(16)19)11-13-7-5-4-6-8-13/h1,4-8,10H,9,11H2,2H3. The van der Waals surface area contributed by atoms with Gasteiger partial charge in [-0.25, -0.2) is 4.79 Å². The Bertz CT molecular complexity index is 733. The van der Waals surface area contributed by atoms with Crippen molar-refractivity contribution in [3.63, 3.8) is 0 Å². The van der Waals surface area contributed by atoms with Gasteiger partial charge in [-0.15, -0.1) is 6.42 Å². The number of hydrogen-bond acceptors (Lipinski definition) is 2. The van der Waals surface area contributed by atoms with Crippen LogP contribution >= 0.6 is 0 Å². The van der Waals surface area contributed by atoms with E-state index in [-0.39, 0.29) is 24.3 Å². The Hall–Kier alpha value is -2.54. The van der Waals surface area contributed by atoms with Crippen LogP contribution in [0.1, 0.15) is 11.1 Å². The van der Waals surface area contributed by atoms with Gasteiger partial charge in [0.15, 0.2) is 0 Å². The highest BCUT2D eigenvalue weighted by Gasteiger charge is 2.08. The summed E-state index contributed by atoms with van der Waals surface area (Å²) in [7, 11) is 0. The zero-order chi connectivity index (χ0) is 13.8. The highest BCUT2D eigenvalue weighted by atomic mass is 16.2. The quantitative estimate of drug-likeness (QED) is 0.767. The van der Waals surface area contributed by atoms with E-state index in [1.54, 1.807) is 6.92 Å². The van der Waals surface area contributed by atoms with Crippen molar-refractivity contribution in [2.24, 2.45) is 0 Å². The summed E-state index contributed by atoms with van der Waals surface area (Å²) in [4.78, 5) is 24.2. The normalized spacial score (nSPS) is 10.1. The molecule has 0 saturated carbocycles. The lowest BCUT2D eigenvalue weighted by Gasteiger charge is -2.09. The van der Waals surface area contributed by atoms with Crippen molar-refractivity contribution in [3.8, 4) is 12.3 Å². The number of hydrogen-bond donors (Lipinski definition) is 0. The fraction of sp³-hybridized carbons (Fsp3) is 0.200. The van der Waals surface area contributed by atoms with Crippen molar-refractivity contribution < 1.29 is 0 Å². The second kappa shape index (κ2) is 5.40. The first-order valence-corrected chi connectivity index (χ1v) is 5.91. The van der Waals surface area contributed by atoms with E-state index in [9.17, 15) is 9.59 Å². The van der Waals surface area contributed by atoms with E-state index in [4.69, 9.17) is 6.42 Å². The zero-order valence-electron chi connectivity index (χ0n) is 10.7. The third-order valence-electron chi connectivity index (χ3n) is 2.85. The van der Waals surface area contributed by atoms with Gasteiger partial charge in [0, 0.05) is 11.8 Å². The molecule has 0 aliphatic rings. The van der Waals surface area contributed by atoms with Crippen LogP contribution in [0.3, 0.4) is 0 Å². The minimum absolute atomic E-state index is 0.161. The summed E-state index contributed by atoms with van der Waals surface area (Å²) in [6.45, 7) is 2.09. The molecule has 0 atom stereocenters. The van der Waals surface area contributed by atoms with Gasteiger partial charge in [0.05, 0.1) is 13.1 Å². The molecule has 1 aromatic heterocycles. The molecule has 0 spiro atoms. The largest absolute Gasteiger partial charge is 0.332 e. The molecule has 0 unspecified atom stereocenters. The smallest absolute Gasteiger partial charge is 0.289 e. The number of aromatic nitrogens is 2. The van der Waals surface area contributed by atoms with E-state index in [2.05, 4.69) is 5.92 Å². The van der Waals surface area contributed by atoms with E-state index in [0.717, 1.165) is 5.56 Å². The minimum Gasteiger partial charge on any atom is -0.289 e. The first kappa shape index (κ1) is 12.9. The van der Waals surface area contributed by atoms with E-state index in [1.165, 1.54) is 15.3 Å². The molecule has 2 aromatic rings. The van der Waals surface area contributed by atoms with Gasteiger partial charge in [-0.1, -0.05) is 36.3 Å². The first-order chi connectivity index (χ1) is 9.13. The molecule has 0 amide bonds. The molecule has 2 rings (SSSR count). The summed E-state index contributed by atoms with van der Waals surface area (Å²) in [5, 5.41) is 0. The van der Waals surface area contributed by atoms with Crippen LogP contribution in [0, 0.1) is 19.3 Å². The molecular weight excluding hydrogens is 240 g/mol. The van der Waals surface area contributed by atoms with Gasteiger partial charge in [-0.05, 0) is 12.5 Å². The Morgan fingerprint density at radius 2 is 1.89 bits per heavy atom. The fourth-order valence-electron chi connectivity index (χ4n) is 1.92. The SMILES string of the molecule is C#CCn1cc(C)c(=O)n(Cc2ccccc2)c1=O. The molecule has 0 N–H and O–H groups in total. The van der Waals surface area contributed by atoms with Crippen LogP contribution < -0.4 is 11.2 Å². The van der Waals surface area contributed by atoms with E-state index < -0.39 is 0 Å². The Labute approximate surface area is 110 Å². The van der Waals surface area contributed by atoms with Crippen molar-refractivity contribution in [2.45, 2.75) is 20.0 Å². The second-order valence-corrected chi connectivity index (χ2v) is 4.30. The molecule has 0 fully saturated rings. The number of rotatable bonds is 3. The molecule has 0 radical (unpaired) electrons. The molecule has 1 heterocycles. The van der Waals surface area contributed by atoms with Crippen LogP contribution in [0.15, 0.2) is 46.1 Å². The average Bonchev–Trinajstić information content (AvgIpc) is 2.42. The van der Waals surface area contributed by atoms with Gasteiger partial charge < -0.3 is 0 Å². The molecule has 0 bridgehead atoms. The highest BCUT2D eigenvalue weighted by Crippen LogP contribution is 1.99. The Morgan fingerprint density at radius 3 is 2.53 bits per heavy atom. The van der Waals surface area contributed by atoms with Crippen molar-refractivity contribution in [3.05, 3.63) is 68.5 Å². The van der Waals surface area contributed by atoms with Crippen LogP contribution in [0.2, 0.25) is 0 Å². The summed E-state index contributed by atoms with van der Waals surface area (Å²) in [6.07, 6.45) is 6.73. The van der Waals surface area contributed by atoms with Gasteiger partial charge in [-0.2, -0.15) is 0 Å². The molecule has 0 saturated heterocycles. The van der Waals surface area contributed by atoms with E-state index >= 15 is 0 Å². The predicted octanol–water partition coefficient (Wildman–Crippen LogP) is 1.000. The average molecular weight is 254 g/mol. The van der Waals surface area contributed by atoms with Gasteiger partial charge >= 0.3 is 5.69 Å². The van der Waals surface area contributed by atoms with E-state index in [1.807, 2.05) is 30.3 Å². The third kappa shape index (κ3) is 2.66. The summed E-state index contributed by atoms with van der Waals surface area (Å²) in [5.41, 5.74) is 0.755. The maximum absolute atomic E-state index is 12.2. The predicted molar refractivity (Wildman–Crippen MR) is 74.1 cm³/mol. The fourth-order valence-corrected chi connectivity index (χ4v) is 1.92. The maximum Gasteiger partial charge on any atom is 0.332 e. The number of aryl methyl sites for hydroxylation is 1. The summed E-state index contributed by atoms with van der Waals surface area (Å²) >= 11 is 0. The van der Waals surface area contributed by atoms with Gasteiger partial charge in [-0.3, -0.25) is 13.9 Å². The minimum atomic E-state index is -0.377. The van der Waals surface area contributed by atoms with Gasteiger partial charge in [0.25, 0.3) is 5.56 Å². The Kier molecular flexibility index (Phi) is 3.67. The van der Waals surface area contributed by atoms with Crippen LogP contribution in [0.25, 0.3) is 0 Å². The maximum atomic E-state index is 12.2. The molecule has 19 heavy (non-hydrogen) atoms. The number of terminal acetylenes is 1. The Balaban J connectivity index is 2.54. The topological polar surface area (TPSA) is 44.0 Å². The lowest BCUT2D eigenvalue weighted by atomic mass is 10.2. The molecule has 0 aliphatic carbocycles. The van der Waals surface area contributed by atoms with Crippen molar-refractivity contribution in [2.75, 3.05) is 0 Å². The molecule has 4 nitrogen and oxygen atoms in total. The second-order valence-electron chi connectivity index (χ2n) is 4.30. The molecular formula is C15H14N2O2. The van der Waals surface area contributed by atoms with Crippen LogP contribution in [-0.2, 0) is 13.1 Å². The number of benzene rings is 1. The third-order valence-corrected chi connectivity index (χ3v) is 2.85. The zero-order valence-corrected chi connectivity index (χ0v) is 10.7. The van der Waals surface area contributed by atoms with Crippen LogP contribution in [0.4, 0.5) is 0 Å². The monoisotopic (exact) mass is 254 g/mol. The molecule has 0 aliphatic heterocycles. The van der Waals surface area contributed by atoms with Crippen molar-refractivity contribution in [1.29, 1.82) is 0 Å². The molecule has 1 aromatic carbocycles. The molecule has 4 heteroatoms. The lowest BCUT2D eigenvalue weighted by Crippen LogP contribution is -2.40. The summed E-state index contributed by atoms with van der Waals surface area (Å²) in [6, 6.07) is 9.38. The van der Waals surface area contributed by atoms with E-state index in [0.29, 0.717) is 5.56 Å². The van der Waals surface area contributed by atoms with Crippen LogP contribution in [0.5, 0.6) is 0 Å². The van der Waals surface area contributed by atoms with Gasteiger partial charge in [0.2, 0.25) is 0 Å². The van der Waals surface area contributed by atoms with Gasteiger partial charge in [0.1, 0.15) is 0 Å². The van der Waals surface area contributed by atoms with Crippen molar-refractivity contribution >= 4 is 0 Å². The Morgan fingerprint density at radius 1 is 1.21 bits per heavy atom. The lowest BCUT2D eigenvalue weighted by molar-refractivity contribution is 0.616. The van der Waals surface area contributed by atoms with Crippen molar-refractivity contribution in [1.82, 2.24) is 9.13 Å². The summed E-state index contributed by atoms with van der Waals surface area (Å²) in [5.74, 6) is 2.41.